The van der Waals surface area contributed by atoms with Crippen LogP contribution < -0.4 is 10.6 Å². The summed E-state index contributed by atoms with van der Waals surface area (Å²) in [5.41, 5.74) is 7.89. The molecule has 0 unspecified atom stereocenters. The molecule has 0 aliphatic heterocycles. The van der Waals surface area contributed by atoms with E-state index in [4.69, 9.17) is 5.73 Å². The van der Waals surface area contributed by atoms with Gasteiger partial charge in [0, 0.05) is 25.3 Å². The first-order chi connectivity index (χ1) is 9.11. The van der Waals surface area contributed by atoms with E-state index in [0.29, 0.717) is 12.6 Å². The number of benzene rings is 1. The van der Waals surface area contributed by atoms with E-state index in [1.807, 2.05) is 4.68 Å². The van der Waals surface area contributed by atoms with Gasteiger partial charge < -0.3 is 10.6 Å². The van der Waals surface area contributed by atoms with Crippen molar-refractivity contribution in [2.75, 3.05) is 11.9 Å². The summed E-state index contributed by atoms with van der Waals surface area (Å²) in [7, 11) is 2.05. The molecule has 19 heavy (non-hydrogen) atoms. The van der Waals surface area contributed by atoms with Crippen LogP contribution >= 0.6 is 0 Å². The van der Waals surface area contributed by atoms with Crippen molar-refractivity contribution in [2.24, 2.45) is 5.73 Å². The Kier molecular flexibility index (Phi) is 4.16. The summed E-state index contributed by atoms with van der Waals surface area (Å²) in [6.07, 6.45) is 1.61. The predicted octanol–water partition coefficient (Wildman–Crippen LogP) is 1.95. The van der Waals surface area contributed by atoms with Gasteiger partial charge in [0.25, 0.3) is 0 Å². The Hall–Kier alpha value is -1.88. The van der Waals surface area contributed by atoms with Gasteiger partial charge in [0.15, 0.2) is 0 Å². The van der Waals surface area contributed by atoms with Gasteiger partial charge in [-0.2, -0.15) is 5.10 Å². The molecule has 0 aliphatic carbocycles. The quantitative estimate of drug-likeness (QED) is 0.891. The lowest BCUT2D eigenvalue weighted by atomic mass is 10.2. The number of rotatable bonds is 5. The number of aromatic nitrogens is 3. The highest BCUT2D eigenvalue weighted by atomic mass is 15.4. The Morgan fingerprint density at radius 3 is 2.53 bits per heavy atom. The first-order valence-electron chi connectivity index (χ1n) is 6.50. The maximum atomic E-state index is 5.60. The molecule has 0 spiro atoms. The molecule has 102 valence electrons. The molecule has 0 atom stereocenters. The molecule has 2 aromatic rings. The van der Waals surface area contributed by atoms with Crippen LogP contribution in [-0.4, -0.2) is 21.8 Å². The topological polar surface area (TPSA) is 60.0 Å². The van der Waals surface area contributed by atoms with Crippen LogP contribution in [0.1, 0.15) is 31.3 Å². The fourth-order valence-corrected chi connectivity index (χ4v) is 2.01. The molecule has 5 heteroatoms. The summed E-state index contributed by atoms with van der Waals surface area (Å²) in [4.78, 5) is 6.48. The van der Waals surface area contributed by atoms with Crippen LogP contribution in [0.4, 0.5) is 5.69 Å². The number of hydrogen-bond donors (Lipinski definition) is 1. The second-order valence-electron chi connectivity index (χ2n) is 4.94. The van der Waals surface area contributed by atoms with E-state index in [9.17, 15) is 0 Å². The van der Waals surface area contributed by atoms with Gasteiger partial charge >= 0.3 is 0 Å². The molecular weight excluding hydrogens is 238 g/mol. The lowest BCUT2D eigenvalue weighted by Gasteiger charge is -2.20. The molecule has 0 amide bonds. The molecular formula is C14H21N5. The average molecular weight is 259 g/mol. The van der Waals surface area contributed by atoms with Gasteiger partial charge in [-0.05, 0) is 31.5 Å². The summed E-state index contributed by atoms with van der Waals surface area (Å²) < 4.78 is 1.95. The predicted molar refractivity (Wildman–Crippen MR) is 76.8 cm³/mol. The van der Waals surface area contributed by atoms with Crippen molar-refractivity contribution in [2.45, 2.75) is 33.0 Å². The minimum atomic E-state index is 0.325. The largest absolute Gasteiger partial charge is 0.367 e. The lowest BCUT2D eigenvalue weighted by molar-refractivity contribution is 0.503. The molecule has 5 nitrogen and oxygen atoms in total. The highest BCUT2D eigenvalue weighted by molar-refractivity contribution is 5.46. The molecule has 0 radical (unpaired) electrons. The molecule has 0 aliphatic rings. The zero-order chi connectivity index (χ0) is 13.8. The van der Waals surface area contributed by atoms with Crippen molar-refractivity contribution in [3.8, 4) is 0 Å². The van der Waals surface area contributed by atoms with Crippen molar-refractivity contribution >= 4 is 5.69 Å². The van der Waals surface area contributed by atoms with Crippen LogP contribution in [0.5, 0.6) is 0 Å². The average Bonchev–Trinajstić information content (AvgIpc) is 2.87. The molecule has 0 saturated heterocycles. The van der Waals surface area contributed by atoms with Crippen molar-refractivity contribution in [3.63, 3.8) is 0 Å². The molecule has 0 fully saturated rings. The molecule has 1 aromatic carbocycles. The summed E-state index contributed by atoms with van der Waals surface area (Å²) in [5, 5.41) is 4.25. The molecule has 0 bridgehead atoms. The Morgan fingerprint density at radius 2 is 1.95 bits per heavy atom. The minimum Gasteiger partial charge on any atom is -0.367 e. The van der Waals surface area contributed by atoms with Gasteiger partial charge in [-0.1, -0.05) is 12.1 Å². The number of anilines is 1. The molecule has 1 heterocycles. The fourth-order valence-electron chi connectivity index (χ4n) is 2.01. The van der Waals surface area contributed by atoms with Crippen LogP contribution in [-0.2, 0) is 13.1 Å². The highest BCUT2D eigenvalue weighted by Gasteiger charge is 2.10. The summed E-state index contributed by atoms with van der Waals surface area (Å²) in [6.45, 7) is 5.52. The van der Waals surface area contributed by atoms with E-state index in [2.05, 4.69) is 60.1 Å². The molecule has 1 aromatic heterocycles. The maximum absolute atomic E-state index is 5.60. The maximum Gasteiger partial charge on any atom is 0.146 e. The van der Waals surface area contributed by atoms with Gasteiger partial charge in [0.05, 0.1) is 6.54 Å². The van der Waals surface area contributed by atoms with Crippen LogP contribution in [0.25, 0.3) is 0 Å². The summed E-state index contributed by atoms with van der Waals surface area (Å²) >= 11 is 0. The van der Waals surface area contributed by atoms with E-state index in [0.717, 1.165) is 23.6 Å². The second-order valence-corrected chi connectivity index (χ2v) is 4.94. The van der Waals surface area contributed by atoms with Gasteiger partial charge in [0.2, 0.25) is 0 Å². The fraction of sp³-hybridized carbons (Fsp3) is 0.429. The van der Waals surface area contributed by atoms with Crippen LogP contribution in [0, 0.1) is 0 Å². The zero-order valence-electron chi connectivity index (χ0n) is 11.7. The van der Waals surface area contributed by atoms with Gasteiger partial charge in [-0.25, -0.2) is 9.67 Å². The molecule has 0 saturated carbocycles. The van der Waals surface area contributed by atoms with Gasteiger partial charge in [-0.15, -0.1) is 0 Å². The SMILES string of the molecule is CC(C)n1ncnc1CN(C)c1ccc(CN)cc1. The number of nitrogens with zero attached hydrogens (tertiary/aromatic N) is 4. The van der Waals surface area contributed by atoms with Crippen LogP contribution in [0.15, 0.2) is 30.6 Å². The summed E-state index contributed by atoms with van der Waals surface area (Å²) in [6, 6.07) is 8.60. The van der Waals surface area contributed by atoms with Crippen molar-refractivity contribution in [1.29, 1.82) is 0 Å². The Labute approximate surface area is 114 Å². The minimum absolute atomic E-state index is 0.325. The Morgan fingerprint density at radius 1 is 1.26 bits per heavy atom. The van der Waals surface area contributed by atoms with E-state index in [-0.39, 0.29) is 0 Å². The molecule has 2 rings (SSSR count). The van der Waals surface area contributed by atoms with Crippen molar-refractivity contribution in [1.82, 2.24) is 14.8 Å². The van der Waals surface area contributed by atoms with E-state index >= 15 is 0 Å². The molecule has 2 N–H and O–H groups in total. The zero-order valence-corrected chi connectivity index (χ0v) is 11.7. The van der Waals surface area contributed by atoms with Crippen molar-refractivity contribution < 1.29 is 0 Å². The van der Waals surface area contributed by atoms with Gasteiger partial charge in [0.1, 0.15) is 12.2 Å². The third kappa shape index (κ3) is 3.12. The smallest absolute Gasteiger partial charge is 0.146 e. The Balaban J connectivity index is 2.11. The first kappa shape index (κ1) is 13.5. The van der Waals surface area contributed by atoms with Crippen molar-refractivity contribution in [3.05, 3.63) is 42.0 Å². The van der Waals surface area contributed by atoms with E-state index < -0.39 is 0 Å². The number of nitrogens with two attached hydrogens (primary N) is 1. The standard InChI is InChI=1S/C14H21N5/c1-11(2)19-14(16-10-17-19)9-18(3)13-6-4-12(8-15)5-7-13/h4-7,10-11H,8-9,15H2,1-3H3. The third-order valence-corrected chi connectivity index (χ3v) is 3.13. The van der Waals surface area contributed by atoms with Crippen LogP contribution in [0.3, 0.4) is 0 Å². The monoisotopic (exact) mass is 259 g/mol. The first-order valence-corrected chi connectivity index (χ1v) is 6.50. The Bertz CT molecular complexity index is 515. The highest BCUT2D eigenvalue weighted by Crippen LogP contribution is 2.16. The van der Waals surface area contributed by atoms with Crippen LogP contribution in [0.2, 0.25) is 0 Å². The summed E-state index contributed by atoms with van der Waals surface area (Å²) in [5.74, 6) is 0.973. The second kappa shape index (κ2) is 5.84. The lowest BCUT2D eigenvalue weighted by Crippen LogP contribution is -2.21. The number of hydrogen-bond acceptors (Lipinski definition) is 4. The normalized spacial score (nSPS) is 11.0. The third-order valence-electron chi connectivity index (χ3n) is 3.13. The van der Waals surface area contributed by atoms with Gasteiger partial charge in [-0.3, -0.25) is 0 Å². The van der Waals surface area contributed by atoms with E-state index in [1.54, 1.807) is 6.33 Å². The van der Waals surface area contributed by atoms with E-state index in [1.165, 1.54) is 0 Å².